The van der Waals surface area contributed by atoms with E-state index in [0.29, 0.717) is 11.4 Å². The Morgan fingerprint density at radius 1 is 0.943 bits per heavy atom. The van der Waals surface area contributed by atoms with Crippen molar-refractivity contribution in [1.82, 2.24) is 10.2 Å². The van der Waals surface area contributed by atoms with Gasteiger partial charge in [0.05, 0.1) is 10.6 Å². The van der Waals surface area contributed by atoms with E-state index in [2.05, 4.69) is 5.32 Å². The number of rotatable bonds is 10. The van der Waals surface area contributed by atoms with Crippen LogP contribution in [0.1, 0.15) is 12.5 Å². The Morgan fingerprint density at radius 2 is 1.57 bits per heavy atom. The SMILES string of the molecule is CNC(=O)[C@@H](C)N(CCc1ccccc1)C(=O)CN(c1cccc(Cl)c1)S(=O)(=O)c1ccccc1. The van der Waals surface area contributed by atoms with Gasteiger partial charge in [0.15, 0.2) is 0 Å². The fourth-order valence-corrected chi connectivity index (χ4v) is 5.27. The van der Waals surface area contributed by atoms with Gasteiger partial charge in [-0.3, -0.25) is 13.9 Å². The summed E-state index contributed by atoms with van der Waals surface area (Å²) in [4.78, 5) is 27.5. The highest BCUT2D eigenvalue weighted by molar-refractivity contribution is 7.92. The molecule has 0 bridgehead atoms. The normalized spacial score (nSPS) is 12.0. The van der Waals surface area contributed by atoms with Crippen LogP contribution < -0.4 is 9.62 Å². The summed E-state index contributed by atoms with van der Waals surface area (Å²) in [7, 11) is -2.59. The second-order valence-corrected chi connectivity index (χ2v) is 10.2. The van der Waals surface area contributed by atoms with Crippen molar-refractivity contribution in [2.75, 3.05) is 24.4 Å². The van der Waals surface area contributed by atoms with Gasteiger partial charge < -0.3 is 10.2 Å². The van der Waals surface area contributed by atoms with Gasteiger partial charge in [-0.25, -0.2) is 8.42 Å². The Labute approximate surface area is 211 Å². The quantitative estimate of drug-likeness (QED) is 0.447. The molecule has 3 aromatic rings. The van der Waals surface area contributed by atoms with Crippen LogP contribution in [-0.2, 0) is 26.0 Å². The number of hydrogen-bond donors (Lipinski definition) is 1. The Bertz CT molecular complexity index is 1250. The van der Waals surface area contributed by atoms with E-state index in [1.807, 2.05) is 30.3 Å². The summed E-state index contributed by atoms with van der Waals surface area (Å²) < 4.78 is 28.2. The number of nitrogens with one attached hydrogen (secondary N) is 1. The van der Waals surface area contributed by atoms with Crippen molar-refractivity contribution in [3.63, 3.8) is 0 Å². The third kappa shape index (κ3) is 6.61. The summed E-state index contributed by atoms with van der Waals surface area (Å²) in [5.74, 6) is -0.844. The molecular formula is C26H28ClN3O4S. The van der Waals surface area contributed by atoms with Crippen molar-refractivity contribution in [3.05, 3.63) is 95.5 Å². The lowest BCUT2D eigenvalue weighted by Gasteiger charge is -2.31. The molecule has 0 unspecified atom stereocenters. The van der Waals surface area contributed by atoms with Gasteiger partial charge in [0.25, 0.3) is 10.0 Å². The molecule has 2 amide bonds. The monoisotopic (exact) mass is 513 g/mol. The molecule has 0 saturated carbocycles. The first kappa shape index (κ1) is 26.2. The number of nitrogens with zero attached hydrogens (tertiary/aromatic N) is 2. The molecule has 0 aromatic heterocycles. The number of sulfonamides is 1. The zero-order valence-electron chi connectivity index (χ0n) is 19.6. The zero-order chi connectivity index (χ0) is 25.4. The molecule has 0 radical (unpaired) electrons. The van der Waals surface area contributed by atoms with E-state index in [9.17, 15) is 18.0 Å². The number of carbonyl (C=O) groups is 2. The summed E-state index contributed by atoms with van der Waals surface area (Å²) in [6.45, 7) is 1.37. The summed E-state index contributed by atoms with van der Waals surface area (Å²) in [6.07, 6.45) is 0.510. The third-order valence-electron chi connectivity index (χ3n) is 5.60. The molecule has 0 aliphatic rings. The first-order valence-electron chi connectivity index (χ1n) is 11.1. The first-order valence-corrected chi connectivity index (χ1v) is 12.9. The van der Waals surface area contributed by atoms with Crippen molar-refractivity contribution < 1.29 is 18.0 Å². The van der Waals surface area contributed by atoms with Crippen LogP contribution in [0, 0.1) is 0 Å². The Kier molecular flexibility index (Phi) is 8.89. The highest BCUT2D eigenvalue weighted by atomic mass is 35.5. The molecule has 1 N–H and O–H groups in total. The minimum Gasteiger partial charge on any atom is -0.357 e. The predicted octanol–water partition coefficient (Wildman–Crippen LogP) is 3.74. The van der Waals surface area contributed by atoms with Gasteiger partial charge in [-0.1, -0.05) is 66.2 Å². The standard InChI is InChI=1S/C26H28ClN3O4S/c1-20(26(32)28-2)29(17-16-21-10-5-3-6-11-21)25(31)19-30(23-13-9-12-22(27)18-23)35(33,34)24-14-7-4-8-15-24/h3-15,18,20H,16-17,19H2,1-2H3,(H,28,32)/t20-/m1/s1. The van der Waals surface area contributed by atoms with E-state index in [-0.39, 0.29) is 23.0 Å². The molecular weight excluding hydrogens is 486 g/mol. The lowest BCUT2D eigenvalue weighted by Crippen LogP contribution is -2.51. The maximum atomic E-state index is 13.6. The van der Waals surface area contributed by atoms with Crippen molar-refractivity contribution in [2.45, 2.75) is 24.3 Å². The van der Waals surface area contributed by atoms with Crippen LogP contribution in [0.5, 0.6) is 0 Å². The average Bonchev–Trinajstić information content (AvgIpc) is 2.87. The molecule has 3 rings (SSSR count). The molecule has 3 aromatic carbocycles. The summed E-state index contributed by atoms with van der Waals surface area (Å²) >= 11 is 6.14. The van der Waals surface area contributed by atoms with Gasteiger partial charge in [-0.2, -0.15) is 0 Å². The van der Waals surface area contributed by atoms with Crippen LogP contribution in [0.25, 0.3) is 0 Å². The van der Waals surface area contributed by atoms with E-state index < -0.39 is 28.5 Å². The third-order valence-corrected chi connectivity index (χ3v) is 7.63. The molecule has 0 spiro atoms. The number of anilines is 1. The summed E-state index contributed by atoms with van der Waals surface area (Å²) in [5.41, 5.74) is 1.25. The number of hydrogen-bond acceptors (Lipinski definition) is 4. The van der Waals surface area contributed by atoms with Gasteiger partial charge >= 0.3 is 0 Å². The molecule has 35 heavy (non-hydrogen) atoms. The first-order chi connectivity index (χ1) is 16.7. The lowest BCUT2D eigenvalue weighted by atomic mass is 10.1. The second-order valence-electron chi connectivity index (χ2n) is 7.92. The van der Waals surface area contributed by atoms with Crippen LogP contribution in [0.15, 0.2) is 89.8 Å². The molecule has 0 heterocycles. The molecule has 184 valence electrons. The maximum Gasteiger partial charge on any atom is 0.264 e. The Morgan fingerprint density at radius 3 is 2.17 bits per heavy atom. The van der Waals surface area contributed by atoms with Crippen LogP contribution in [-0.4, -0.2) is 51.3 Å². The van der Waals surface area contributed by atoms with Crippen molar-refractivity contribution in [1.29, 1.82) is 0 Å². The summed E-state index contributed by atoms with van der Waals surface area (Å²) in [6, 6.07) is 23.0. The van der Waals surface area contributed by atoms with Crippen molar-refractivity contribution >= 4 is 39.1 Å². The van der Waals surface area contributed by atoms with Crippen LogP contribution in [0.4, 0.5) is 5.69 Å². The van der Waals surface area contributed by atoms with Gasteiger partial charge in [0.2, 0.25) is 11.8 Å². The topological polar surface area (TPSA) is 86.8 Å². The largest absolute Gasteiger partial charge is 0.357 e. The molecule has 0 saturated heterocycles. The van der Waals surface area contributed by atoms with Gasteiger partial charge in [0.1, 0.15) is 12.6 Å². The molecule has 1 atom stereocenters. The van der Waals surface area contributed by atoms with E-state index in [1.54, 1.807) is 43.3 Å². The highest BCUT2D eigenvalue weighted by Gasteiger charge is 2.32. The molecule has 7 nitrogen and oxygen atoms in total. The Hall–Kier alpha value is -3.36. The number of amides is 2. The fraction of sp³-hybridized carbons (Fsp3) is 0.231. The maximum absolute atomic E-state index is 13.6. The average molecular weight is 514 g/mol. The molecule has 0 aliphatic heterocycles. The number of benzene rings is 3. The smallest absolute Gasteiger partial charge is 0.264 e. The van der Waals surface area contributed by atoms with Crippen molar-refractivity contribution in [2.24, 2.45) is 0 Å². The zero-order valence-corrected chi connectivity index (χ0v) is 21.2. The number of likely N-dealkylation sites (N-methyl/N-ethyl adjacent to an activating group) is 1. The summed E-state index contributed by atoms with van der Waals surface area (Å²) in [5, 5.41) is 2.90. The number of halogens is 1. The number of carbonyl (C=O) groups excluding carboxylic acids is 2. The molecule has 9 heteroatoms. The van der Waals surface area contributed by atoms with Crippen LogP contribution in [0.3, 0.4) is 0 Å². The highest BCUT2D eigenvalue weighted by Crippen LogP contribution is 2.26. The molecule has 0 fully saturated rings. The van der Waals surface area contributed by atoms with E-state index in [0.717, 1.165) is 9.87 Å². The minimum atomic E-state index is -4.09. The fourth-order valence-electron chi connectivity index (χ4n) is 3.66. The predicted molar refractivity (Wildman–Crippen MR) is 138 cm³/mol. The Balaban J connectivity index is 1.96. The van der Waals surface area contributed by atoms with Gasteiger partial charge in [-0.15, -0.1) is 0 Å². The van der Waals surface area contributed by atoms with Crippen molar-refractivity contribution in [3.8, 4) is 0 Å². The van der Waals surface area contributed by atoms with Crippen LogP contribution in [0.2, 0.25) is 5.02 Å². The van der Waals surface area contributed by atoms with Gasteiger partial charge in [0, 0.05) is 18.6 Å². The van der Waals surface area contributed by atoms with E-state index in [4.69, 9.17) is 11.6 Å². The van der Waals surface area contributed by atoms with E-state index >= 15 is 0 Å². The van der Waals surface area contributed by atoms with Gasteiger partial charge in [-0.05, 0) is 49.2 Å². The van der Waals surface area contributed by atoms with Crippen LogP contribution >= 0.6 is 11.6 Å². The molecule has 0 aliphatic carbocycles. The second kappa shape index (κ2) is 11.9. The van der Waals surface area contributed by atoms with E-state index in [1.165, 1.54) is 30.1 Å². The minimum absolute atomic E-state index is 0.0444. The lowest BCUT2D eigenvalue weighted by molar-refractivity contribution is -0.138.